The fraction of sp³-hybridized carbons (Fsp3) is 0.385. The van der Waals surface area contributed by atoms with Crippen molar-refractivity contribution in [3.8, 4) is 0 Å². The highest BCUT2D eigenvalue weighted by atomic mass is 32.1. The minimum Gasteiger partial charge on any atom is -0.309 e. The highest BCUT2D eigenvalue weighted by Gasteiger charge is 2.17. The molecule has 102 valence electrons. The number of benzene rings is 1. The lowest BCUT2D eigenvalue weighted by atomic mass is 10.0. The molecule has 0 radical (unpaired) electrons. The number of likely N-dealkylation sites (N-methyl/N-ethyl adjacent to an activating group) is 1. The number of aryl methyl sites for hydroxylation is 1. The van der Waals surface area contributed by atoms with E-state index < -0.39 is 11.6 Å². The van der Waals surface area contributed by atoms with Crippen molar-refractivity contribution >= 4 is 11.5 Å². The molecule has 0 aliphatic heterocycles. The van der Waals surface area contributed by atoms with Gasteiger partial charge in [-0.2, -0.15) is 0 Å². The van der Waals surface area contributed by atoms with Gasteiger partial charge in [-0.25, -0.2) is 8.78 Å². The van der Waals surface area contributed by atoms with Gasteiger partial charge in [0.25, 0.3) is 0 Å². The van der Waals surface area contributed by atoms with E-state index >= 15 is 0 Å². The molecule has 1 N–H and O–H groups in total. The lowest BCUT2D eigenvalue weighted by molar-refractivity contribution is 0.503. The summed E-state index contributed by atoms with van der Waals surface area (Å²) in [6.45, 7) is 4.68. The van der Waals surface area contributed by atoms with E-state index in [2.05, 4.69) is 14.9 Å². The van der Waals surface area contributed by atoms with E-state index in [9.17, 15) is 8.78 Å². The van der Waals surface area contributed by atoms with E-state index in [1.165, 1.54) is 17.6 Å². The van der Waals surface area contributed by atoms with E-state index in [1.54, 1.807) is 6.07 Å². The van der Waals surface area contributed by atoms with Crippen LogP contribution in [-0.2, 0) is 6.42 Å². The first-order chi connectivity index (χ1) is 9.11. The Balaban J connectivity index is 2.21. The van der Waals surface area contributed by atoms with Crippen LogP contribution >= 0.6 is 11.5 Å². The Labute approximate surface area is 114 Å². The molecule has 2 aromatic rings. The minimum absolute atomic E-state index is 0.0230. The topological polar surface area (TPSA) is 37.8 Å². The number of hydrogen-bond donors (Lipinski definition) is 1. The van der Waals surface area contributed by atoms with Gasteiger partial charge < -0.3 is 5.32 Å². The van der Waals surface area contributed by atoms with Gasteiger partial charge in [0, 0.05) is 6.04 Å². The van der Waals surface area contributed by atoms with Crippen LogP contribution in [0.3, 0.4) is 0 Å². The molecule has 0 fully saturated rings. The Bertz CT molecular complexity index is 557. The van der Waals surface area contributed by atoms with E-state index in [0.717, 1.165) is 28.7 Å². The summed E-state index contributed by atoms with van der Waals surface area (Å²) in [5.41, 5.74) is 1.62. The number of rotatable bonds is 5. The molecule has 2 rings (SSSR count). The molecule has 1 unspecified atom stereocenters. The van der Waals surface area contributed by atoms with Crippen molar-refractivity contribution in [3.05, 3.63) is 46.0 Å². The van der Waals surface area contributed by atoms with Crippen LogP contribution in [0.15, 0.2) is 18.2 Å². The predicted molar refractivity (Wildman–Crippen MR) is 71.1 cm³/mol. The fourth-order valence-corrected chi connectivity index (χ4v) is 2.68. The van der Waals surface area contributed by atoms with Gasteiger partial charge in [0.1, 0.15) is 0 Å². The van der Waals surface area contributed by atoms with Gasteiger partial charge in [0.2, 0.25) is 0 Å². The van der Waals surface area contributed by atoms with E-state index in [1.807, 2.05) is 13.8 Å². The highest BCUT2D eigenvalue weighted by Crippen LogP contribution is 2.24. The van der Waals surface area contributed by atoms with E-state index in [0.29, 0.717) is 6.42 Å². The average molecular weight is 283 g/mol. The van der Waals surface area contributed by atoms with Crippen LogP contribution < -0.4 is 5.32 Å². The van der Waals surface area contributed by atoms with Gasteiger partial charge in [-0.1, -0.05) is 17.5 Å². The highest BCUT2D eigenvalue weighted by molar-refractivity contribution is 7.05. The van der Waals surface area contributed by atoms with E-state index in [-0.39, 0.29) is 6.04 Å². The Hall–Kier alpha value is -1.40. The van der Waals surface area contributed by atoms with Gasteiger partial charge in [-0.05, 0) is 49.1 Å². The molecule has 0 saturated carbocycles. The van der Waals surface area contributed by atoms with Gasteiger partial charge >= 0.3 is 0 Å². The molecule has 0 saturated heterocycles. The summed E-state index contributed by atoms with van der Waals surface area (Å²) in [5, 5.41) is 7.31. The molecule has 3 nitrogen and oxygen atoms in total. The van der Waals surface area contributed by atoms with E-state index in [4.69, 9.17) is 0 Å². The van der Waals surface area contributed by atoms with Gasteiger partial charge in [-0.15, -0.1) is 5.10 Å². The Morgan fingerprint density at radius 1 is 1.32 bits per heavy atom. The number of hydrogen-bond acceptors (Lipinski definition) is 4. The molecule has 1 heterocycles. The largest absolute Gasteiger partial charge is 0.309 e. The first kappa shape index (κ1) is 14.0. The second-order valence-corrected chi connectivity index (χ2v) is 5.07. The SMILES string of the molecule is CCNC(Cc1ccc(F)c(F)c1)c1snnc1C. The van der Waals surface area contributed by atoms with Crippen molar-refractivity contribution in [2.75, 3.05) is 6.54 Å². The van der Waals surface area contributed by atoms with Crippen molar-refractivity contribution in [1.29, 1.82) is 0 Å². The smallest absolute Gasteiger partial charge is 0.159 e. The van der Waals surface area contributed by atoms with Crippen molar-refractivity contribution in [2.45, 2.75) is 26.3 Å². The van der Waals surface area contributed by atoms with Crippen LogP contribution in [0, 0.1) is 18.6 Å². The standard InChI is InChI=1S/C13H15F2N3S/c1-3-16-12(13-8(2)17-18-19-13)7-9-4-5-10(14)11(15)6-9/h4-6,12,16H,3,7H2,1-2H3. The number of halogens is 2. The maximum absolute atomic E-state index is 13.2. The molecular weight excluding hydrogens is 268 g/mol. The summed E-state index contributed by atoms with van der Waals surface area (Å²) in [7, 11) is 0. The first-order valence-corrected chi connectivity index (χ1v) is 6.85. The third kappa shape index (κ3) is 3.33. The van der Waals surface area contributed by atoms with Crippen LogP contribution in [0.4, 0.5) is 8.78 Å². The van der Waals surface area contributed by atoms with Crippen molar-refractivity contribution < 1.29 is 8.78 Å². The van der Waals surface area contributed by atoms with Gasteiger partial charge in [-0.3, -0.25) is 0 Å². The number of nitrogens with zero attached hydrogens (tertiary/aromatic N) is 2. The zero-order valence-corrected chi connectivity index (χ0v) is 11.6. The normalized spacial score (nSPS) is 12.6. The Kier molecular flexibility index (Phi) is 4.55. The molecule has 0 aliphatic carbocycles. The lowest BCUT2D eigenvalue weighted by Gasteiger charge is -2.16. The molecule has 0 aliphatic rings. The van der Waals surface area contributed by atoms with Crippen LogP contribution in [0.5, 0.6) is 0 Å². The maximum Gasteiger partial charge on any atom is 0.159 e. The van der Waals surface area contributed by atoms with Crippen LogP contribution in [-0.4, -0.2) is 16.1 Å². The van der Waals surface area contributed by atoms with Crippen molar-refractivity contribution in [1.82, 2.24) is 14.9 Å². The quantitative estimate of drug-likeness (QED) is 0.916. The zero-order valence-electron chi connectivity index (χ0n) is 10.8. The Morgan fingerprint density at radius 3 is 2.68 bits per heavy atom. The molecule has 1 aromatic carbocycles. The summed E-state index contributed by atoms with van der Waals surface area (Å²) >= 11 is 1.33. The zero-order chi connectivity index (χ0) is 13.8. The molecule has 0 bridgehead atoms. The van der Waals surface area contributed by atoms with Gasteiger partial charge in [0.15, 0.2) is 11.6 Å². The Morgan fingerprint density at radius 2 is 2.11 bits per heavy atom. The first-order valence-electron chi connectivity index (χ1n) is 6.08. The average Bonchev–Trinajstić information content (AvgIpc) is 2.79. The fourth-order valence-electron chi connectivity index (χ4n) is 1.96. The third-order valence-corrected chi connectivity index (χ3v) is 3.82. The molecule has 1 atom stereocenters. The monoisotopic (exact) mass is 283 g/mol. The summed E-state index contributed by atoms with van der Waals surface area (Å²) in [4.78, 5) is 1.03. The molecular formula is C13H15F2N3S. The molecule has 6 heteroatoms. The molecule has 1 aromatic heterocycles. The summed E-state index contributed by atoms with van der Waals surface area (Å²) in [6, 6.07) is 4.02. The second kappa shape index (κ2) is 6.16. The van der Waals surface area contributed by atoms with Crippen molar-refractivity contribution in [2.24, 2.45) is 0 Å². The van der Waals surface area contributed by atoms with Gasteiger partial charge in [0.05, 0.1) is 10.6 Å². The lowest BCUT2D eigenvalue weighted by Crippen LogP contribution is -2.22. The number of aromatic nitrogens is 2. The minimum atomic E-state index is -0.820. The summed E-state index contributed by atoms with van der Waals surface area (Å²) < 4.78 is 30.0. The van der Waals surface area contributed by atoms with Crippen LogP contribution in [0.2, 0.25) is 0 Å². The number of nitrogens with one attached hydrogen (secondary N) is 1. The van der Waals surface area contributed by atoms with Crippen LogP contribution in [0.1, 0.15) is 29.1 Å². The summed E-state index contributed by atoms with van der Waals surface area (Å²) in [6.07, 6.45) is 0.579. The molecule has 0 spiro atoms. The van der Waals surface area contributed by atoms with Crippen molar-refractivity contribution in [3.63, 3.8) is 0 Å². The molecule has 0 amide bonds. The predicted octanol–water partition coefficient (Wildman–Crippen LogP) is 3.02. The molecule has 19 heavy (non-hydrogen) atoms. The third-order valence-electron chi connectivity index (χ3n) is 2.88. The van der Waals surface area contributed by atoms with Crippen LogP contribution in [0.25, 0.3) is 0 Å². The summed E-state index contributed by atoms with van der Waals surface area (Å²) in [5.74, 6) is -1.63. The maximum atomic E-state index is 13.2. The second-order valence-electron chi connectivity index (χ2n) is 4.29.